The van der Waals surface area contributed by atoms with Crippen LogP contribution in [0, 0.1) is 0 Å². The number of ether oxygens (including phenoxy) is 1. The lowest BCUT2D eigenvalue weighted by atomic mass is 9.81. The number of rotatable bonds is 9. The Kier molecular flexibility index (Phi) is 11.9. The maximum absolute atomic E-state index is 7.04. The molecular formula is C63H72N4O. The van der Waals surface area contributed by atoms with Crippen LogP contribution in [0.3, 0.4) is 0 Å². The van der Waals surface area contributed by atoms with Crippen molar-refractivity contribution in [3.63, 3.8) is 0 Å². The standard InChI is InChI=1S/C63H72N4O/c1-39(2)43-29-53(40(3)4)60(54(30-43)41(5)6)42-23-26-56-58(31-42)65(47-20-18-19-44(32-47)61(7,8)9)38-66(56)48-33-46(63(13,14)15)34-50(36-48)68-49-24-25-52-51-21-16-17-22-55(51)67(57(52)37-49)59-35-45(27-28-64-59)62(10,11)12/h16-37,39-41H,38H2,1-15H3. The van der Waals surface area contributed by atoms with Gasteiger partial charge in [0.25, 0.3) is 0 Å². The SMILES string of the molecule is CC(C)c1cc(C(C)C)c(-c2ccc3c(c2)N(c2cccc(C(C)(C)C)c2)CN3c2cc(Oc3ccc4c5ccccc5n(-c5cc(C(C)(C)C)ccn5)c4c3)cc(C(C)(C)C)c2)c(C(C)C)c1. The van der Waals surface area contributed by atoms with Gasteiger partial charge in [-0.25, -0.2) is 4.98 Å². The van der Waals surface area contributed by atoms with Crippen molar-refractivity contribution in [1.29, 1.82) is 0 Å². The van der Waals surface area contributed by atoms with Gasteiger partial charge in [0, 0.05) is 40.5 Å². The van der Waals surface area contributed by atoms with Crippen molar-refractivity contribution < 1.29 is 4.74 Å². The van der Waals surface area contributed by atoms with Gasteiger partial charge >= 0.3 is 0 Å². The Balaban J connectivity index is 1.19. The molecule has 0 saturated carbocycles. The summed E-state index contributed by atoms with van der Waals surface area (Å²) in [5.74, 6) is 3.71. The predicted octanol–water partition coefficient (Wildman–Crippen LogP) is 18.1. The van der Waals surface area contributed by atoms with Gasteiger partial charge in [-0.3, -0.25) is 4.57 Å². The van der Waals surface area contributed by atoms with Gasteiger partial charge in [-0.1, -0.05) is 152 Å². The van der Waals surface area contributed by atoms with Crippen molar-refractivity contribution in [2.45, 2.75) is 138 Å². The summed E-state index contributed by atoms with van der Waals surface area (Å²) in [7, 11) is 0. The Morgan fingerprint density at radius 2 is 1.12 bits per heavy atom. The third-order valence-electron chi connectivity index (χ3n) is 14.1. The van der Waals surface area contributed by atoms with Crippen molar-refractivity contribution in [3.8, 4) is 28.4 Å². The normalized spacial score (nSPS) is 13.5. The van der Waals surface area contributed by atoms with Crippen LogP contribution in [-0.2, 0) is 16.2 Å². The van der Waals surface area contributed by atoms with Gasteiger partial charge in [-0.2, -0.15) is 0 Å². The molecule has 9 rings (SSSR count). The second-order valence-electron chi connectivity index (χ2n) is 23.3. The maximum atomic E-state index is 7.04. The van der Waals surface area contributed by atoms with Crippen LogP contribution in [0.1, 0.15) is 155 Å². The third-order valence-corrected chi connectivity index (χ3v) is 14.1. The molecule has 2 aromatic heterocycles. The number of fused-ring (bicyclic) bond motifs is 4. The fourth-order valence-electron chi connectivity index (χ4n) is 9.92. The average Bonchev–Trinajstić information content (AvgIpc) is 3.83. The van der Waals surface area contributed by atoms with Crippen LogP contribution in [0.4, 0.5) is 22.7 Å². The van der Waals surface area contributed by atoms with E-state index in [4.69, 9.17) is 9.72 Å². The molecule has 0 bridgehead atoms. The van der Waals surface area contributed by atoms with Crippen LogP contribution in [-0.4, -0.2) is 16.2 Å². The molecule has 6 aromatic carbocycles. The second kappa shape index (κ2) is 17.3. The summed E-state index contributed by atoms with van der Waals surface area (Å²) in [5, 5.41) is 2.36. The van der Waals surface area contributed by atoms with Crippen LogP contribution in [0.15, 0.2) is 134 Å². The summed E-state index contributed by atoms with van der Waals surface area (Å²) < 4.78 is 9.33. The number of para-hydroxylation sites is 1. The lowest BCUT2D eigenvalue weighted by Gasteiger charge is -2.27. The Morgan fingerprint density at radius 1 is 0.485 bits per heavy atom. The van der Waals surface area contributed by atoms with E-state index in [1.54, 1.807) is 0 Å². The monoisotopic (exact) mass is 901 g/mol. The quantitative estimate of drug-likeness (QED) is 0.145. The van der Waals surface area contributed by atoms with E-state index in [1.807, 2.05) is 6.20 Å². The highest BCUT2D eigenvalue weighted by molar-refractivity contribution is 6.09. The van der Waals surface area contributed by atoms with E-state index >= 15 is 0 Å². The molecular weight excluding hydrogens is 829 g/mol. The molecule has 0 spiro atoms. The molecule has 0 unspecified atom stereocenters. The Morgan fingerprint density at radius 3 is 1.78 bits per heavy atom. The first-order valence-corrected chi connectivity index (χ1v) is 24.9. The molecule has 0 atom stereocenters. The predicted molar refractivity (Wildman–Crippen MR) is 291 cm³/mol. The van der Waals surface area contributed by atoms with E-state index in [0.29, 0.717) is 24.4 Å². The molecule has 68 heavy (non-hydrogen) atoms. The van der Waals surface area contributed by atoms with Gasteiger partial charge in [0.05, 0.1) is 22.4 Å². The molecule has 8 aromatic rings. The fraction of sp³-hybridized carbons (Fsp3) is 0.349. The molecule has 0 saturated heterocycles. The first-order chi connectivity index (χ1) is 32.1. The topological polar surface area (TPSA) is 33.5 Å². The Hall–Kier alpha value is -6.33. The summed E-state index contributed by atoms with van der Waals surface area (Å²) in [6, 6.07) is 47.6. The van der Waals surface area contributed by atoms with Gasteiger partial charge in [-0.05, 0) is 145 Å². The highest BCUT2D eigenvalue weighted by atomic mass is 16.5. The van der Waals surface area contributed by atoms with Crippen molar-refractivity contribution >= 4 is 44.6 Å². The number of pyridine rings is 1. The van der Waals surface area contributed by atoms with Gasteiger partial charge in [0.2, 0.25) is 0 Å². The summed E-state index contributed by atoms with van der Waals surface area (Å²) >= 11 is 0. The first kappa shape index (κ1) is 46.8. The van der Waals surface area contributed by atoms with E-state index in [0.717, 1.165) is 34.0 Å². The number of hydrogen-bond acceptors (Lipinski definition) is 4. The summed E-state index contributed by atoms with van der Waals surface area (Å²) in [5.41, 5.74) is 17.4. The molecule has 0 radical (unpaired) electrons. The van der Waals surface area contributed by atoms with Gasteiger partial charge < -0.3 is 14.5 Å². The molecule has 0 amide bonds. The van der Waals surface area contributed by atoms with E-state index in [-0.39, 0.29) is 16.2 Å². The van der Waals surface area contributed by atoms with Gasteiger partial charge in [0.15, 0.2) is 0 Å². The zero-order chi connectivity index (χ0) is 48.6. The fourth-order valence-corrected chi connectivity index (χ4v) is 9.92. The van der Waals surface area contributed by atoms with Crippen molar-refractivity contribution in [1.82, 2.24) is 9.55 Å². The maximum Gasteiger partial charge on any atom is 0.137 e. The first-order valence-electron chi connectivity index (χ1n) is 24.9. The molecule has 1 aliphatic rings. The minimum Gasteiger partial charge on any atom is -0.457 e. The van der Waals surface area contributed by atoms with E-state index in [2.05, 4.69) is 246 Å². The summed E-state index contributed by atoms with van der Waals surface area (Å²) in [6.45, 7) is 35.2. The van der Waals surface area contributed by atoms with Crippen LogP contribution in [0.2, 0.25) is 0 Å². The lowest BCUT2D eigenvalue weighted by molar-refractivity contribution is 0.479. The molecule has 0 N–H and O–H groups in total. The van der Waals surface area contributed by atoms with Crippen molar-refractivity contribution in [2.75, 3.05) is 16.5 Å². The van der Waals surface area contributed by atoms with Crippen LogP contribution in [0.25, 0.3) is 38.8 Å². The second-order valence-corrected chi connectivity index (χ2v) is 23.3. The number of nitrogens with zero attached hydrogens (tertiary/aromatic N) is 4. The molecule has 5 nitrogen and oxygen atoms in total. The minimum absolute atomic E-state index is 0.00816. The van der Waals surface area contributed by atoms with Crippen LogP contribution >= 0.6 is 0 Å². The average molecular weight is 901 g/mol. The molecule has 5 heteroatoms. The van der Waals surface area contributed by atoms with E-state index < -0.39 is 0 Å². The zero-order valence-corrected chi connectivity index (χ0v) is 43.3. The number of anilines is 4. The Labute approximate surface area is 406 Å². The lowest BCUT2D eigenvalue weighted by Crippen LogP contribution is -2.25. The van der Waals surface area contributed by atoms with E-state index in [1.165, 1.54) is 72.3 Å². The van der Waals surface area contributed by atoms with Gasteiger partial charge in [0.1, 0.15) is 24.0 Å². The summed E-state index contributed by atoms with van der Waals surface area (Å²) in [6.07, 6.45) is 1.94. The van der Waals surface area contributed by atoms with Crippen LogP contribution < -0.4 is 14.5 Å². The molecule has 3 heterocycles. The largest absolute Gasteiger partial charge is 0.457 e. The number of hydrogen-bond donors (Lipinski definition) is 0. The molecule has 350 valence electrons. The minimum atomic E-state index is -0.135. The van der Waals surface area contributed by atoms with Crippen molar-refractivity contribution in [2.24, 2.45) is 0 Å². The van der Waals surface area contributed by atoms with Gasteiger partial charge in [-0.15, -0.1) is 0 Å². The zero-order valence-electron chi connectivity index (χ0n) is 43.3. The van der Waals surface area contributed by atoms with E-state index in [9.17, 15) is 0 Å². The highest BCUT2D eigenvalue weighted by Crippen LogP contribution is 2.50. The smallest absolute Gasteiger partial charge is 0.137 e. The van der Waals surface area contributed by atoms with Crippen LogP contribution in [0.5, 0.6) is 11.5 Å². The number of benzene rings is 6. The molecule has 0 aliphatic carbocycles. The Bertz CT molecular complexity index is 3150. The number of aromatic nitrogens is 2. The highest BCUT2D eigenvalue weighted by Gasteiger charge is 2.32. The molecule has 1 aliphatic heterocycles. The van der Waals surface area contributed by atoms with Crippen molar-refractivity contribution in [3.05, 3.63) is 167 Å². The molecule has 0 fully saturated rings. The third kappa shape index (κ3) is 8.81. The summed E-state index contributed by atoms with van der Waals surface area (Å²) in [4.78, 5) is 9.93.